The Balaban J connectivity index is 1.50. The molecule has 0 atom stereocenters. The van der Waals surface area contributed by atoms with E-state index in [0.29, 0.717) is 16.5 Å². The summed E-state index contributed by atoms with van der Waals surface area (Å²) in [6.07, 6.45) is 2.34. The van der Waals surface area contributed by atoms with Gasteiger partial charge in [0.05, 0.1) is 6.61 Å². The molecule has 1 N–H and O–H groups in total. The fourth-order valence-corrected chi connectivity index (χ4v) is 4.06. The molecule has 8 heteroatoms. The summed E-state index contributed by atoms with van der Waals surface area (Å²) < 4.78 is 19.9. The first kappa shape index (κ1) is 18.7. The van der Waals surface area contributed by atoms with Crippen molar-refractivity contribution < 1.29 is 9.13 Å². The molecule has 0 saturated carbocycles. The lowest BCUT2D eigenvalue weighted by Crippen LogP contribution is -2.37. The molecule has 0 bridgehead atoms. The maximum Gasteiger partial charge on any atom is 0.206 e. The van der Waals surface area contributed by atoms with Gasteiger partial charge in [-0.25, -0.2) is 4.39 Å². The summed E-state index contributed by atoms with van der Waals surface area (Å²) >= 11 is 4.75. The standard InChI is InChI=1S/C17H22BrFN4OS/c1-24-9-8-23-6-4-12(5-7-23)11-20-17-22-21-16(25-17)14-10-13(18)2-3-15(14)19/h2-3,10,12H,4-9,11H2,1H3,(H,20,22). The molecule has 25 heavy (non-hydrogen) atoms. The molecule has 0 aliphatic carbocycles. The summed E-state index contributed by atoms with van der Waals surface area (Å²) in [5, 5.41) is 13.0. The molecular formula is C17H22BrFN4OS. The molecule has 0 amide bonds. The molecule has 5 nitrogen and oxygen atoms in total. The van der Waals surface area contributed by atoms with Crippen molar-refractivity contribution in [3.05, 3.63) is 28.5 Å². The van der Waals surface area contributed by atoms with Crippen LogP contribution in [-0.2, 0) is 4.74 Å². The summed E-state index contributed by atoms with van der Waals surface area (Å²) in [7, 11) is 1.74. The average Bonchev–Trinajstić information content (AvgIpc) is 3.10. The van der Waals surface area contributed by atoms with Crippen LogP contribution >= 0.6 is 27.3 Å². The van der Waals surface area contributed by atoms with Crippen LogP contribution < -0.4 is 5.32 Å². The summed E-state index contributed by atoms with van der Waals surface area (Å²) in [5.41, 5.74) is 0.478. The first-order valence-electron chi connectivity index (χ1n) is 8.40. The fraction of sp³-hybridized carbons (Fsp3) is 0.529. The van der Waals surface area contributed by atoms with Crippen molar-refractivity contribution in [3.8, 4) is 10.6 Å². The zero-order valence-electron chi connectivity index (χ0n) is 14.2. The van der Waals surface area contributed by atoms with Gasteiger partial charge in [0.25, 0.3) is 0 Å². The lowest BCUT2D eigenvalue weighted by molar-refractivity contribution is 0.122. The summed E-state index contributed by atoms with van der Waals surface area (Å²) in [6.45, 7) is 4.91. The van der Waals surface area contributed by atoms with Crippen molar-refractivity contribution in [2.24, 2.45) is 5.92 Å². The largest absolute Gasteiger partial charge is 0.383 e. The highest BCUT2D eigenvalue weighted by Crippen LogP contribution is 2.31. The Morgan fingerprint density at radius 3 is 2.92 bits per heavy atom. The van der Waals surface area contributed by atoms with Crippen molar-refractivity contribution in [3.63, 3.8) is 0 Å². The molecule has 2 heterocycles. The number of methoxy groups -OCH3 is 1. The van der Waals surface area contributed by atoms with Crippen LogP contribution in [0.1, 0.15) is 12.8 Å². The third-order valence-electron chi connectivity index (χ3n) is 4.44. The van der Waals surface area contributed by atoms with E-state index in [0.717, 1.165) is 42.4 Å². The molecule has 2 aromatic rings. The Morgan fingerprint density at radius 1 is 1.36 bits per heavy atom. The molecule has 3 rings (SSSR count). The first-order valence-corrected chi connectivity index (χ1v) is 10.0. The second kappa shape index (κ2) is 9.02. The normalized spacial score (nSPS) is 16.3. The number of ether oxygens (including phenoxy) is 1. The topological polar surface area (TPSA) is 50.3 Å². The zero-order chi connectivity index (χ0) is 17.6. The van der Waals surface area contributed by atoms with Gasteiger partial charge in [-0.15, -0.1) is 10.2 Å². The van der Waals surface area contributed by atoms with Gasteiger partial charge in [0.1, 0.15) is 5.82 Å². The number of aromatic nitrogens is 2. The van der Waals surface area contributed by atoms with Crippen LogP contribution in [-0.4, -0.2) is 55.0 Å². The van der Waals surface area contributed by atoms with E-state index in [2.05, 4.69) is 36.3 Å². The predicted octanol–water partition coefficient (Wildman–Crippen LogP) is 3.88. The number of nitrogens with zero attached hydrogens (tertiary/aromatic N) is 3. The number of hydrogen-bond acceptors (Lipinski definition) is 6. The minimum Gasteiger partial charge on any atom is -0.383 e. The molecule has 1 aliphatic rings. The van der Waals surface area contributed by atoms with Crippen LogP contribution in [0.2, 0.25) is 0 Å². The lowest BCUT2D eigenvalue weighted by atomic mass is 9.97. The second-order valence-electron chi connectivity index (χ2n) is 6.20. The molecule has 0 radical (unpaired) electrons. The minimum absolute atomic E-state index is 0.283. The Bertz CT molecular complexity index is 691. The highest BCUT2D eigenvalue weighted by Gasteiger charge is 2.19. The van der Waals surface area contributed by atoms with Crippen molar-refractivity contribution >= 4 is 32.4 Å². The summed E-state index contributed by atoms with van der Waals surface area (Å²) in [5.74, 6) is 0.350. The Labute approximate surface area is 159 Å². The number of hydrogen-bond donors (Lipinski definition) is 1. The van der Waals surface area contributed by atoms with Crippen LogP contribution in [0.15, 0.2) is 22.7 Å². The number of benzene rings is 1. The molecule has 1 aliphatic heterocycles. The number of likely N-dealkylation sites (tertiary alicyclic amines) is 1. The molecule has 1 aromatic carbocycles. The third kappa shape index (κ3) is 5.20. The smallest absolute Gasteiger partial charge is 0.206 e. The number of nitrogens with one attached hydrogen (secondary N) is 1. The number of anilines is 1. The van der Waals surface area contributed by atoms with Crippen LogP contribution in [0.3, 0.4) is 0 Å². The van der Waals surface area contributed by atoms with Gasteiger partial charge in [-0.05, 0) is 50.0 Å². The van der Waals surface area contributed by atoms with E-state index in [1.54, 1.807) is 19.2 Å². The van der Waals surface area contributed by atoms with Gasteiger partial charge in [-0.3, -0.25) is 0 Å². The van der Waals surface area contributed by atoms with Crippen molar-refractivity contribution in [2.75, 3.05) is 45.2 Å². The van der Waals surface area contributed by atoms with Crippen LogP contribution in [0, 0.1) is 11.7 Å². The van der Waals surface area contributed by atoms with Crippen molar-refractivity contribution in [2.45, 2.75) is 12.8 Å². The van der Waals surface area contributed by atoms with Gasteiger partial charge in [-0.1, -0.05) is 27.3 Å². The number of rotatable bonds is 7. The Kier molecular flexibility index (Phi) is 6.75. The quantitative estimate of drug-likeness (QED) is 0.724. The average molecular weight is 429 g/mol. The van der Waals surface area contributed by atoms with E-state index >= 15 is 0 Å². The van der Waals surface area contributed by atoms with E-state index in [1.807, 2.05) is 0 Å². The van der Waals surface area contributed by atoms with Gasteiger partial charge in [0, 0.05) is 30.2 Å². The minimum atomic E-state index is -0.283. The van der Waals surface area contributed by atoms with Crippen LogP contribution in [0.4, 0.5) is 9.52 Å². The van der Waals surface area contributed by atoms with Gasteiger partial charge in [0.2, 0.25) is 5.13 Å². The first-order chi connectivity index (χ1) is 12.2. The molecule has 0 unspecified atom stereocenters. The highest BCUT2D eigenvalue weighted by atomic mass is 79.9. The molecule has 1 saturated heterocycles. The third-order valence-corrected chi connectivity index (χ3v) is 5.85. The van der Waals surface area contributed by atoms with Crippen LogP contribution in [0.25, 0.3) is 10.6 Å². The number of piperidine rings is 1. The monoisotopic (exact) mass is 428 g/mol. The van der Waals surface area contributed by atoms with E-state index in [-0.39, 0.29) is 5.82 Å². The number of halogens is 2. The van der Waals surface area contributed by atoms with E-state index in [4.69, 9.17) is 4.74 Å². The van der Waals surface area contributed by atoms with Crippen LogP contribution in [0.5, 0.6) is 0 Å². The van der Waals surface area contributed by atoms with E-state index in [9.17, 15) is 4.39 Å². The lowest BCUT2D eigenvalue weighted by Gasteiger charge is -2.31. The molecule has 1 fully saturated rings. The van der Waals surface area contributed by atoms with E-state index < -0.39 is 0 Å². The maximum absolute atomic E-state index is 14.0. The molecule has 0 spiro atoms. The van der Waals surface area contributed by atoms with Crippen molar-refractivity contribution in [1.29, 1.82) is 0 Å². The Hall–Kier alpha value is -1.09. The highest BCUT2D eigenvalue weighted by molar-refractivity contribution is 9.10. The summed E-state index contributed by atoms with van der Waals surface area (Å²) in [4.78, 5) is 2.44. The van der Waals surface area contributed by atoms with Gasteiger partial charge >= 0.3 is 0 Å². The van der Waals surface area contributed by atoms with Crippen molar-refractivity contribution in [1.82, 2.24) is 15.1 Å². The maximum atomic E-state index is 14.0. The zero-order valence-corrected chi connectivity index (χ0v) is 16.6. The van der Waals surface area contributed by atoms with E-state index in [1.165, 1.54) is 30.2 Å². The second-order valence-corrected chi connectivity index (χ2v) is 8.09. The fourth-order valence-electron chi connectivity index (χ4n) is 2.93. The van der Waals surface area contributed by atoms with Gasteiger partial charge < -0.3 is 15.0 Å². The Morgan fingerprint density at radius 2 is 2.16 bits per heavy atom. The van der Waals surface area contributed by atoms with Gasteiger partial charge in [0.15, 0.2) is 5.01 Å². The predicted molar refractivity (Wildman–Crippen MR) is 103 cm³/mol. The van der Waals surface area contributed by atoms with Gasteiger partial charge in [-0.2, -0.15) is 0 Å². The summed E-state index contributed by atoms with van der Waals surface area (Å²) in [6, 6.07) is 4.85. The molecule has 136 valence electrons. The molecular weight excluding hydrogens is 407 g/mol. The molecule has 1 aromatic heterocycles. The SMILES string of the molecule is COCCN1CCC(CNc2nnc(-c3cc(Br)ccc3F)s2)CC1.